The molecule has 0 aliphatic heterocycles. The van der Waals surface area contributed by atoms with Crippen LogP contribution in [0.1, 0.15) is 0 Å². The zero-order chi connectivity index (χ0) is 19.4. The van der Waals surface area contributed by atoms with Crippen molar-refractivity contribution in [3.63, 3.8) is 0 Å². The quantitative estimate of drug-likeness (QED) is 0.279. The molecular weight excluding hydrogens is 364 g/mol. The zero-order valence-corrected chi connectivity index (χ0v) is 16.1. The van der Waals surface area contributed by atoms with Gasteiger partial charge in [0.1, 0.15) is 0 Å². The molecule has 0 saturated carbocycles. The summed E-state index contributed by atoms with van der Waals surface area (Å²) in [7, 11) is 0. The predicted octanol–water partition coefficient (Wildman–Crippen LogP) is 7.62. The van der Waals surface area contributed by atoms with E-state index in [4.69, 9.17) is 0 Å². The Morgan fingerprint density at radius 1 is 0.533 bits per heavy atom. The molecule has 0 bridgehead atoms. The lowest BCUT2D eigenvalue weighted by atomic mass is 10.0. The van der Waals surface area contributed by atoms with Gasteiger partial charge in [0, 0.05) is 27.1 Å². The van der Waals surface area contributed by atoms with Crippen LogP contribution >= 0.6 is 0 Å². The SMILES string of the molecule is c1ccc2cc3c(cc2c1)c1[nH]c2ccc4cccc5c6ccccc6n3c1c2c45. The number of rotatable bonds is 0. The number of para-hydroxylation sites is 1. The maximum atomic E-state index is 3.77. The molecule has 2 heteroatoms. The molecular formula is C28H16N2. The van der Waals surface area contributed by atoms with Crippen LogP contribution in [-0.2, 0) is 0 Å². The van der Waals surface area contributed by atoms with Crippen LogP contribution in [0.3, 0.4) is 0 Å². The van der Waals surface area contributed by atoms with Crippen LogP contribution in [0.4, 0.5) is 0 Å². The van der Waals surface area contributed by atoms with Crippen molar-refractivity contribution in [3.8, 4) is 0 Å². The summed E-state index contributed by atoms with van der Waals surface area (Å²) in [6.45, 7) is 0. The van der Waals surface area contributed by atoms with Crippen LogP contribution in [-0.4, -0.2) is 9.38 Å². The average Bonchev–Trinajstić information content (AvgIpc) is 3.27. The number of hydrogen-bond acceptors (Lipinski definition) is 0. The first-order valence-corrected chi connectivity index (χ1v) is 10.4. The van der Waals surface area contributed by atoms with Crippen LogP contribution in [0.25, 0.3) is 70.7 Å². The first-order valence-electron chi connectivity index (χ1n) is 10.4. The van der Waals surface area contributed by atoms with Gasteiger partial charge in [-0.25, -0.2) is 0 Å². The molecule has 1 N–H and O–H groups in total. The molecule has 2 nitrogen and oxygen atoms in total. The van der Waals surface area contributed by atoms with Crippen molar-refractivity contribution in [1.82, 2.24) is 9.38 Å². The molecule has 0 saturated heterocycles. The summed E-state index contributed by atoms with van der Waals surface area (Å²) in [4.78, 5) is 3.77. The van der Waals surface area contributed by atoms with Gasteiger partial charge in [-0.3, -0.25) is 0 Å². The van der Waals surface area contributed by atoms with Crippen molar-refractivity contribution >= 4 is 70.7 Å². The lowest BCUT2D eigenvalue weighted by Gasteiger charge is -2.03. The monoisotopic (exact) mass is 380 g/mol. The highest BCUT2D eigenvalue weighted by Crippen LogP contribution is 2.43. The molecule has 138 valence electrons. The van der Waals surface area contributed by atoms with Crippen LogP contribution in [0.15, 0.2) is 91.0 Å². The lowest BCUT2D eigenvalue weighted by molar-refractivity contribution is 1.36. The molecule has 0 aliphatic carbocycles. The third-order valence-corrected chi connectivity index (χ3v) is 6.81. The van der Waals surface area contributed by atoms with Crippen molar-refractivity contribution < 1.29 is 0 Å². The van der Waals surface area contributed by atoms with E-state index >= 15 is 0 Å². The smallest absolute Gasteiger partial charge is 0.0804 e. The van der Waals surface area contributed by atoms with Gasteiger partial charge in [0.15, 0.2) is 0 Å². The number of nitrogens with one attached hydrogen (secondary N) is 1. The molecule has 0 radical (unpaired) electrons. The Bertz CT molecular complexity index is 1950. The van der Waals surface area contributed by atoms with Gasteiger partial charge in [0.05, 0.1) is 22.1 Å². The second kappa shape index (κ2) is 4.92. The number of hydrogen-bond donors (Lipinski definition) is 1. The van der Waals surface area contributed by atoms with E-state index in [2.05, 4.69) is 100 Å². The van der Waals surface area contributed by atoms with E-state index < -0.39 is 0 Å². The third-order valence-electron chi connectivity index (χ3n) is 6.81. The van der Waals surface area contributed by atoms with Crippen molar-refractivity contribution in [2.75, 3.05) is 0 Å². The summed E-state index contributed by atoms with van der Waals surface area (Å²) < 4.78 is 2.48. The van der Waals surface area contributed by atoms with Crippen LogP contribution in [0.5, 0.6) is 0 Å². The fraction of sp³-hybridized carbons (Fsp3) is 0. The summed E-state index contributed by atoms with van der Waals surface area (Å²) in [5.41, 5.74) is 6.23. The maximum Gasteiger partial charge on any atom is 0.0804 e. The Balaban J connectivity index is 1.86. The highest BCUT2D eigenvalue weighted by Gasteiger charge is 2.20. The predicted molar refractivity (Wildman–Crippen MR) is 128 cm³/mol. The minimum Gasteiger partial charge on any atom is -0.353 e. The number of aromatic nitrogens is 2. The average molecular weight is 380 g/mol. The van der Waals surface area contributed by atoms with Gasteiger partial charge in [-0.2, -0.15) is 0 Å². The van der Waals surface area contributed by atoms with Gasteiger partial charge in [-0.15, -0.1) is 0 Å². The van der Waals surface area contributed by atoms with Crippen molar-refractivity contribution in [3.05, 3.63) is 91.0 Å². The number of aromatic amines is 1. The third kappa shape index (κ3) is 1.60. The normalized spacial score (nSPS) is 12.7. The highest BCUT2D eigenvalue weighted by atomic mass is 14.9. The Morgan fingerprint density at radius 3 is 2.23 bits per heavy atom. The van der Waals surface area contributed by atoms with E-state index in [0.29, 0.717) is 0 Å². The minimum absolute atomic E-state index is 1.21. The van der Waals surface area contributed by atoms with Gasteiger partial charge >= 0.3 is 0 Å². The molecule has 0 aliphatic rings. The molecule has 0 fully saturated rings. The fourth-order valence-electron chi connectivity index (χ4n) is 5.57. The van der Waals surface area contributed by atoms with Gasteiger partial charge in [0.2, 0.25) is 0 Å². The summed E-state index contributed by atoms with van der Waals surface area (Å²) >= 11 is 0. The van der Waals surface area contributed by atoms with Gasteiger partial charge in [-0.05, 0) is 45.8 Å². The molecule has 0 amide bonds. The van der Waals surface area contributed by atoms with Crippen LogP contribution in [0, 0.1) is 0 Å². The number of benzene rings is 5. The highest BCUT2D eigenvalue weighted by molar-refractivity contribution is 6.32. The van der Waals surface area contributed by atoms with Crippen molar-refractivity contribution in [2.45, 2.75) is 0 Å². The Kier molecular flexibility index (Phi) is 2.44. The largest absolute Gasteiger partial charge is 0.353 e. The lowest BCUT2D eigenvalue weighted by Crippen LogP contribution is -1.84. The van der Waals surface area contributed by atoms with E-state index in [-0.39, 0.29) is 0 Å². The molecule has 30 heavy (non-hydrogen) atoms. The van der Waals surface area contributed by atoms with E-state index in [1.54, 1.807) is 0 Å². The Hall–Kier alpha value is -4.04. The standard InChI is InChI=1S/C28H16N2/c1-2-7-18-15-24-21(14-17(18)6-1)27-28-26-22(29-27)13-12-16-8-5-10-20(25(16)26)19-9-3-4-11-23(19)30(24)28/h1-15,29H. The molecule has 0 spiro atoms. The van der Waals surface area contributed by atoms with Crippen molar-refractivity contribution in [2.24, 2.45) is 0 Å². The zero-order valence-electron chi connectivity index (χ0n) is 16.1. The molecule has 5 aromatic carbocycles. The summed E-state index contributed by atoms with van der Waals surface area (Å²) in [5, 5.41) is 10.4. The molecule has 0 unspecified atom stereocenters. The maximum absolute atomic E-state index is 3.77. The topological polar surface area (TPSA) is 20.2 Å². The Morgan fingerprint density at radius 2 is 1.30 bits per heavy atom. The first kappa shape index (κ1) is 14.9. The number of H-pyrrole nitrogens is 1. The van der Waals surface area contributed by atoms with Crippen molar-refractivity contribution in [1.29, 1.82) is 0 Å². The van der Waals surface area contributed by atoms with E-state index in [1.807, 2.05) is 0 Å². The van der Waals surface area contributed by atoms with E-state index in [9.17, 15) is 0 Å². The van der Waals surface area contributed by atoms with Gasteiger partial charge in [0.25, 0.3) is 0 Å². The fourth-order valence-corrected chi connectivity index (χ4v) is 5.57. The molecule has 8 aromatic rings. The van der Waals surface area contributed by atoms with E-state index in [1.165, 1.54) is 70.7 Å². The summed E-state index contributed by atoms with van der Waals surface area (Å²) in [5.74, 6) is 0. The minimum atomic E-state index is 1.21. The van der Waals surface area contributed by atoms with Crippen LogP contribution in [0.2, 0.25) is 0 Å². The Labute approximate surface area is 171 Å². The molecule has 8 rings (SSSR count). The van der Waals surface area contributed by atoms with Crippen LogP contribution < -0.4 is 0 Å². The van der Waals surface area contributed by atoms with Gasteiger partial charge < -0.3 is 9.38 Å². The summed E-state index contributed by atoms with van der Waals surface area (Å²) in [6.07, 6.45) is 0. The summed E-state index contributed by atoms with van der Waals surface area (Å²) in [6, 6.07) is 33.3. The van der Waals surface area contributed by atoms with Gasteiger partial charge in [-0.1, -0.05) is 66.7 Å². The molecule has 0 atom stereocenters. The molecule has 3 aromatic heterocycles. The number of fused-ring (bicyclic) bond motifs is 7. The second-order valence-electron chi connectivity index (χ2n) is 8.31. The molecule has 3 heterocycles. The number of nitrogens with zero attached hydrogens (tertiary/aromatic N) is 1. The first-order chi connectivity index (χ1) is 14.9. The van der Waals surface area contributed by atoms with E-state index in [0.717, 1.165) is 0 Å². The second-order valence-corrected chi connectivity index (χ2v) is 8.31.